The third-order valence-electron chi connectivity index (χ3n) is 1.95. The van der Waals surface area contributed by atoms with Gasteiger partial charge in [-0.05, 0) is 19.8 Å². The normalized spacial score (nSPS) is 20.9. The number of halogens is 1. The Labute approximate surface area is 73.3 Å². The van der Waals surface area contributed by atoms with Gasteiger partial charge >= 0.3 is 0 Å². The van der Waals surface area contributed by atoms with Crippen LogP contribution in [0.2, 0.25) is 0 Å². The lowest BCUT2D eigenvalue weighted by Crippen LogP contribution is -2.45. The molecule has 0 radical (unpaired) electrons. The van der Waals surface area contributed by atoms with Crippen LogP contribution in [0.25, 0.3) is 0 Å². The van der Waals surface area contributed by atoms with Crippen molar-refractivity contribution in [3.8, 4) is 0 Å². The van der Waals surface area contributed by atoms with E-state index in [1.54, 1.807) is 6.92 Å². The molecular formula is C7H15ClN2O. The number of carbonyl (C=O) groups excluding carboxylic acids is 1. The molecule has 0 aromatic carbocycles. The first-order valence-corrected chi connectivity index (χ1v) is 3.72. The Morgan fingerprint density at radius 1 is 1.45 bits per heavy atom. The molecule has 1 fully saturated rings. The maximum Gasteiger partial charge on any atom is 0.161 e. The van der Waals surface area contributed by atoms with Gasteiger partial charge in [0.2, 0.25) is 0 Å². The molecule has 2 N–H and O–H groups in total. The lowest BCUT2D eigenvalue weighted by atomic mass is 10.3. The number of nitrogens with zero attached hydrogens (tertiary/aromatic N) is 1. The highest BCUT2D eigenvalue weighted by atomic mass is 35.5. The summed E-state index contributed by atoms with van der Waals surface area (Å²) in [5.41, 5.74) is 5.60. The van der Waals surface area contributed by atoms with Gasteiger partial charge in [0.05, 0.1) is 0 Å². The number of Topliss-reactive ketones (excluding diaryl/α,β-unsaturated/α-hetero) is 1. The first kappa shape index (κ1) is 10.9. The van der Waals surface area contributed by atoms with Crippen molar-refractivity contribution >= 4 is 18.2 Å². The second kappa shape index (κ2) is 4.70. The molecule has 1 saturated heterocycles. The lowest BCUT2D eigenvalue weighted by molar-refractivity contribution is -0.121. The molecule has 3 nitrogen and oxygen atoms in total. The quantitative estimate of drug-likeness (QED) is 0.665. The van der Waals surface area contributed by atoms with Gasteiger partial charge in [0.15, 0.2) is 5.78 Å². The van der Waals surface area contributed by atoms with Crippen LogP contribution in [0.3, 0.4) is 0 Å². The highest BCUT2D eigenvalue weighted by Crippen LogP contribution is 2.08. The number of ketones is 1. The van der Waals surface area contributed by atoms with E-state index in [-0.39, 0.29) is 24.4 Å². The predicted octanol–water partition coefficient (Wildman–Crippen LogP) is 0.378. The summed E-state index contributed by atoms with van der Waals surface area (Å²) in [4.78, 5) is 12.8. The second-order valence-electron chi connectivity index (χ2n) is 2.80. The van der Waals surface area contributed by atoms with Crippen molar-refractivity contribution < 1.29 is 4.79 Å². The number of likely N-dealkylation sites (tertiary alicyclic amines) is 1. The van der Waals surface area contributed by atoms with Gasteiger partial charge in [-0.25, -0.2) is 0 Å². The number of carbonyl (C=O) groups is 1. The summed E-state index contributed by atoms with van der Waals surface area (Å²) in [6.45, 7) is 3.52. The van der Waals surface area contributed by atoms with Crippen molar-refractivity contribution in [1.29, 1.82) is 0 Å². The Balaban J connectivity index is 0.000001000. The van der Waals surface area contributed by atoms with Gasteiger partial charge in [0.25, 0.3) is 0 Å². The summed E-state index contributed by atoms with van der Waals surface area (Å²) >= 11 is 0. The molecule has 0 aromatic heterocycles. The molecular weight excluding hydrogens is 164 g/mol. The molecule has 1 aliphatic heterocycles. The highest BCUT2D eigenvalue weighted by molar-refractivity contribution is 5.85. The van der Waals surface area contributed by atoms with E-state index in [1.165, 1.54) is 12.8 Å². The minimum atomic E-state index is -0.345. The summed E-state index contributed by atoms with van der Waals surface area (Å²) < 4.78 is 0. The van der Waals surface area contributed by atoms with Gasteiger partial charge in [0.1, 0.15) is 6.17 Å². The van der Waals surface area contributed by atoms with E-state index in [1.807, 2.05) is 4.90 Å². The van der Waals surface area contributed by atoms with E-state index >= 15 is 0 Å². The summed E-state index contributed by atoms with van der Waals surface area (Å²) in [5, 5.41) is 0. The number of hydrogen-bond acceptors (Lipinski definition) is 3. The first-order valence-electron chi connectivity index (χ1n) is 3.72. The number of hydrogen-bond donors (Lipinski definition) is 1. The molecule has 0 aromatic rings. The number of rotatable bonds is 2. The zero-order valence-corrected chi connectivity index (χ0v) is 7.56. The monoisotopic (exact) mass is 178 g/mol. The fraction of sp³-hybridized carbons (Fsp3) is 0.857. The van der Waals surface area contributed by atoms with Gasteiger partial charge in [0, 0.05) is 13.1 Å². The van der Waals surface area contributed by atoms with Crippen molar-refractivity contribution in [2.45, 2.75) is 25.9 Å². The van der Waals surface area contributed by atoms with Crippen LogP contribution in [0.4, 0.5) is 0 Å². The largest absolute Gasteiger partial charge is 0.309 e. The standard InChI is InChI=1S/C7H14N2O.ClH/c1-6(10)7(8)9-4-2-3-5-9;/h7H,2-5,8H2,1H3;1H. The van der Waals surface area contributed by atoms with Crippen LogP contribution in [0.1, 0.15) is 19.8 Å². The van der Waals surface area contributed by atoms with E-state index in [2.05, 4.69) is 0 Å². The van der Waals surface area contributed by atoms with Gasteiger partial charge in [-0.3, -0.25) is 9.69 Å². The summed E-state index contributed by atoms with van der Waals surface area (Å²) in [6.07, 6.45) is 2.02. The third-order valence-corrected chi connectivity index (χ3v) is 1.95. The summed E-state index contributed by atoms with van der Waals surface area (Å²) in [5.74, 6) is 0.0712. The fourth-order valence-corrected chi connectivity index (χ4v) is 1.28. The van der Waals surface area contributed by atoms with Crippen LogP contribution >= 0.6 is 12.4 Å². The van der Waals surface area contributed by atoms with Crippen LogP contribution < -0.4 is 5.73 Å². The minimum Gasteiger partial charge on any atom is -0.309 e. The smallest absolute Gasteiger partial charge is 0.161 e. The van der Waals surface area contributed by atoms with Gasteiger partial charge in [-0.1, -0.05) is 0 Å². The molecule has 11 heavy (non-hydrogen) atoms. The predicted molar refractivity (Wildman–Crippen MR) is 46.7 cm³/mol. The average molecular weight is 179 g/mol. The molecule has 0 spiro atoms. The molecule has 1 unspecified atom stereocenters. The Hall–Kier alpha value is -0.120. The Bertz CT molecular complexity index is 134. The van der Waals surface area contributed by atoms with E-state index < -0.39 is 0 Å². The van der Waals surface area contributed by atoms with Crippen molar-refractivity contribution in [3.05, 3.63) is 0 Å². The summed E-state index contributed by atoms with van der Waals surface area (Å²) in [6, 6.07) is 0. The number of nitrogens with two attached hydrogens (primary N) is 1. The van der Waals surface area contributed by atoms with Gasteiger partial charge in [-0.2, -0.15) is 0 Å². The van der Waals surface area contributed by atoms with Crippen molar-refractivity contribution in [1.82, 2.24) is 4.90 Å². The van der Waals surface area contributed by atoms with Crippen LogP contribution in [0.15, 0.2) is 0 Å². The third kappa shape index (κ3) is 2.77. The average Bonchev–Trinajstić information content (AvgIpc) is 2.36. The lowest BCUT2D eigenvalue weighted by Gasteiger charge is -2.20. The van der Waals surface area contributed by atoms with E-state index in [0.29, 0.717) is 0 Å². The molecule has 1 atom stereocenters. The van der Waals surface area contributed by atoms with Crippen molar-refractivity contribution in [2.75, 3.05) is 13.1 Å². The molecule has 1 rings (SSSR count). The molecule has 1 aliphatic rings. The Morgan fingerprint density at radius 2 is 1.91 bits per heavy atom. The highest BCUT2D eigenvalue weighted by Gasteiger charge is 2.20. The molecule has 66 valence electrons. The topological polar surface area (TPSA) is 46.3 Å². The second-order valence-corrected chi connectivity index (χ2v) is 2.80. The minimum absolute atomic E-state index is 0. The molecule has 0 amide bonds. The van der Waals surface area contributed by atoms with Crippen LogP contribution in [0, 0.1) is 0 Å². The molecule has 4 heteroatoms. The van der Waals surface area contributed by atoms with Gasteiger partial charge in [-0.15, -0.1) is 12.4 Å². The fourth-order valence-electron chi connectivity index (χ4n) is 1.28. The van der Waals surface area contributed by atoms with E-state index in [0.717, 1.165) is 13.1 Å². The van der Waals surface area contributed by atoms with Crippen LogP contribution in [0.5, 0.6) is 0 Å². The first-order chi connectivity index (χ1) is 4.72. The van der Waals surface area contributed by atoms with Crippen LogP contribution in [-0.4, -0.2) is 29.9 Å². The zero-order valence-electron chi connectivity index (χ0n) is 6.75. The van der Waals surface area contributed by atoms with Crippen molar-refractivity contribution in [3.63, 3.8) is 0 Å². The Morgan fingerprint density at radius 3 is 2.27 bits per heavy atom. The zero-order chi connectivity index (χ0) is 7.56. The molecule has 1 heterocycles. The Kier molecular flexibility index (Phi) is 4.65. The maximum absolute atomic E-state index is 10.8. The van der Waals surface area contributed by atoms with E-state index in [9.17, 15) is 4.79 Å². The SMILES string of the molecule is CC(=O)C(N)N1CCCC1.Cl. The summed E-state index contributed by atoms with van der Waals surface area (Å²) in [7, 11) is 0. The van der Waals surface area contributed by atoms with Crippen molar-refractivity contribution in [2.24, 2.45) is 5.73 Å². The maximum atomic E-state index is 10.8. The molecule has 0 aliphatic carbocycles. The molecule has 0 saturated carbocycles. The molecule has 0 bridgehead atoms. The van der Waals surface area contributed by atoms with Crippen LogP contribution in [-0.2, 0) is 4.79 Å². The van der Waals surface area contributed by atoms with Gasteiger partial charge < -0.3 is 5.73 Å². The van der Waals surface area contributed by atoms with E-state index in [4.69, 9.17) is 5.73 Å².